The van der Waals surface area contributed by atoms with Crippen molar-refractivity contribution < 1.29 is 9.59 Å². The molecule has 0 aliphatic carbocycles. The van der Waals surface area contributed by atoms with Gasteiger partial charge in [0.2, 0.25) is 5.91 Å². The molecular formula is C7H8N4O2. The van der Waals surface area contributed by atoms with Crippen molar-refractivity contribution in [2.75, 3.05) is 13.6 Å². The highest BCUT2D eigenvalue weighted by Crippen LogP contribution is 1.98. The molecule has 0 aromatic carbocycles. The third kappa shape index (κ3) is 2.02. The van der Waals surface area contributed by atoms with Crippen LogP contribution in [0, 0.1) is 11.3 Å². The Labute approximate surface area is 74.8 Å². The maximum absolute atomic E-state index is 11.3. The quantitative estimate of drug-likeness (QED) is 0.544. The van der Waals surface area contributed by atoms with Gasteiger partial charge in [-0.3, -0.25) is 9.59 Å². The summed E-state index contributed by atoms with van der Waals surface area (Å²) in [4.78, 5) is 23.2. The van der Waals surface area contributed by atoms with Crippen molar-refractivity contribution in [3.8, 4) is 6.07 Å². The summed E-state index contributed by atoms with van der Waals surface area (Å²) >= 11 is 0. The Bertz CT molecular complexity index is 315. The number of amides is 2. The molecule has 0 unspecified atom stereocenters. The fourth-order valence-corrected chi connectivity index (χ4v) is 0.883. The summed E-state index contributed by atoms with van der Waals surface area (Å²) < 4.78 is 0. The van der Waals surface area contributed by atoms with Gasteiger partial charge in [-0.2, -0.15) is 10.4 Å². The second kappa shape index (κ2) is 3.67. The van der Waals surface area contributed by atoms with E-state index in [-0.39, 0.29) is 30.5 Å². The van der Waals surface area contributed by atoms with Crippen molar-refractivity contribution in [2.24, 2.45) is 5.10 Å². The Morgan fingerprint density at radius 2 is 2.54 bits per heavy atom. The van der Waals surface area contributed by atoms with Crippen molar-refractivity contribution in [3.63, 3.8) is 0 Å². The lowest BCUT2D eigenvalue weighted by Gasteiger charge is -2.10. The molecule has 1 aliphatic rings. The average Bonchev–Trinajstić information content (AvgIpc) is 2.51. The molecule has 0 spiro atoms. The summed E-state index contributed by atoms with van der Waals surface area (Å²) in [5, 5.41) is 11.9. The fraction of sp³-hybridized carbons (Fsp3) is 0.429. The first-order valence-electron chi connectivity index (χ1n) is 3.63. The molecule has 13 heavy (non-hydrogen) atoms. The number of nitrogens with zero attached hydrogens (tertiary/aromatic N) is 3. The molecule has 1 heterocycles. The highest BCUT2D eigenvalue weighted by atomic mass is 16.2. The van der Waals surface area contributed by atoms with E-state index in [1.54, 1.807) is 0 Å². The van der Waals surface area contributed by atoms with Crippen molar-refractivity contribution in [1.29, 1.82) is 5.26 Å². The number of nitrogens with one attached hydrogen (secondary N) is 1. The Kier molecular flexibility index (Phi) is 2.59. The predicted molar refractivity (Wildman–Crippen MR) is 43.4 cm³/mol. The van der Waals surface area contributed by atoms with Gasteiger partial charge in [0, 0.05) is 7.05 Å². The lowest BCUT2D eigenvalue weighted by Crippen LogP contribution is -2.33. The first kappa shape index (κ1) is 9.19. The van der Waals surface area contributed by atoms with Crippen LogP contribution in [0.15, 0.2) is 5.10 Å². The molecule has 1 rings (SSSR count). The van der Waals surface area contributed by atoms with Crippen LogP contribution in [0.25, 0.3) is 0 Å². The van der Waals surface area contributed by atoms with E-state index in [2.05, 4.69) is 10.5 Å². The first-order valence-corrected chi connectivity index (χ1v) is 3.63. The average molecular weight is 180 g/mol. The molecule has 0 aromatic heterocycles. The molecule has 0 aromatic rings. The molecule has 6 nitrogen and oxygen atoms in total. The molecule has 6 heteroatoms. The second-order valence-corrected chi connectivity index (χ2v) is 2.59. The molecule has 0 fully saturated rings. The van der Waals surface area contributed by atoms with Gasteiger partial charge >= 0.3 is 0 Å². The summed E-state index contributed by atoms with van der Waals surface area (Å²) in [5.74, 6) is -0.686. The van der Waals surface area contributed by atoms with E-state index < -0.39 is 0 Å². The largest absolute Gasteiger partial charge is 0.327 e. The van der Waals surface area contributed by atoms with Crippen LogP contribution in [0.2, 0.25) is 0 Å². The van der Waals surface area contributed by atoms with Gasteiger partial charge in [-0.05, 0) is 0 Å². The zero-order chi connectivity index (χ0) is 9.84. The number of hydrogen-bond donors (Lipinski definition) is 1. The SMILES string of the molecule is CN(CC#N)C(=O)C1=NNC(=O)C1. The molecule has 2 amide bonds. The number of carbonyl (C=O) groups is 2. The van der Waals surface area contributed by atoms with Crippen molar-refractivity contribution in [3.05, 3.63) is 0 Å². The minimum atomic E-state index is -0.389. The monoisotopic (exact) mass is 180 g/mol. The lowest BCUT2D eigenvalue weighted by atomic mass is 10.2. The fourth-order valence-electron chi connectivity index (χ4n) is 0.883. The highest BCUT2D eigenvalue weighted by molar-refractivity contribution is 6.42. The van der Waals surface area contributed by atoms with Crippen LogP contribution in [-0.4, -0.2) is 36.0 Å². The van der Waals surface area contributed by atoms with Crippen LogP contribution in [0.4, 0.5) is 0 Å². The predicted octanol–water partition coefficient (Wildman–Crippen LogP) is -1.16. The summed E-state index contributed by atoms with van der Waals surface area (Å²) in [6.07, 6.45) is -0.00536. The van der Waals surface area contributed by atoms with E-state index >= 15 is 0 Å². The third-order valence-electron chi connectivity index (χ3n) is 1.55. The van der Waals surface area contributed by atoms with E-state index in [4.69, 9.17) is 5.26 Å². The summed E-state index contributed by atoms with van der Waals surface area (Å²) in [6.45, 7) is -0.00789. The maximum atomic E-state index is 11.3. The van der Waals surface area contributed by atoms with Gasteiger partial charge < -0.3 is 4.90 Å². The van der Waals surface area contributed by atoms with E-state index in [0.29, 0.717) is 0 Å². The van der Waals surface area contributed by atoms with Gasteiger partial charge in [0.15, 0.2) is 0 Å². The Balaban J connectivity index is 2.59. The van der Waals surface area contributed by atoms with Crippen molar-refractivity contribution in [2.45, 2.75) is 6.42 Å². The van der Waals surface area contributed by atoms with Gasteiger partial charge in [-0.15, -0.1) is 0 Å². The van der Waals surface area contributed by atoms with Gasteiger partial charge in [0.1, 0.15) is 12.3 Å². The van der Waals surface area contributed by atoms with Gasteiger partial charge in [0.25, 0.3) is 5.91 Å². The number of nitriles is 1. The zero-order valence-electron chi connectivity index (χ0n) is 7.07. The summed E-state index contributed by atoms with van der Waals surface area (Å²) in [5.41, 5.74) is 2.32. The Morgan fingerprint density at radius 3 is 3.00 bits per heavy atom. The first-order chi connectivity index (χ1) is 6.15. The third-order valence-corrected chi connectivity index (χ3v) is 1.55. The maximum Gasteiger partial charge on any atom is 0.271 e. The molecule has 0 bridgehead atoms. The standard InChI is InChI=1S/C7H8N4O2/c1-11(3-2-8)7(13)5-4-6(12)10-9-5/h3-4H2,1H3,(H,10,12). The van der Waals surface area contributed by atoms with Crippen LogP contribution in [0.1, 0.15) is 6.42 Å². The van der Waals surface area contributed by atoms with Gasteiger partial charge in [0.05, 0.1) is 12.5 Å². The number of rotatable bonds is 2. The van der Waals surface area contributed by atoms with Crippen LogP contribution >= 0.6 is 0 Å². The van der Waals surface area contributed by atoms with Crippen molar-refractivity contribution in [1.82, 2.24) is 10.3 Å². The minimum absolute atomic E-state index is 0.00536. The topological polar surface area (TPSA) is 85.6 Å². The number of hydrogen-bond acceptors (Lipinski definition) is 4. The summed E-state index contributed by atoms with van der Waals surface area (Å²) in [7, 11) is 1.48. The molecule has 0 saturated heterocycles. The zero-order valence-corrected chi connectivity index (χ0v) is 7.07. The molecule has 1 N–H and O–H groups in total. The number of hydrazone groups is 1. The molecule has 0 radical (unpaired) electrons. The number of carbonyl (C=O) groups excluding carboxylic acids is 2. The van der Waals surface area contributed by atoms with Gasteiger partial charge in [-0.25, -0.2) is 5.43 Å². The normalized spacial score (nSPS) is 14.5. The highest BCUT2D eigenvalue weighted by Gasteiger charge is 2.23. The smallest absolute Gasteiger partial charge is 0.271 e. The van der Waals surface area contributed by atoms with E-state index in [1.807, 2.05) is 6.07 Å². The minimum Gasteiger partial charge on any atom is -0.327 e. The van der Waals surface area contributed by atoms with Gasteiger partial charge in [-0.1, -0.05) is 0 Å². The van der Waals surface area contributed by atoms with E-state index in [1.165, 1.54) is 11.9 Å². The lowest BCUT2D eigenvalue weighted by molar-refractivity contribution is -0.123. The van der Waals surface area contributed by atoms with Crippen LogP contribution < -0.4 is 5.43 Å². The van der Waals surface area contributed by atoms with Crippen LogP contribution in [0.3, 0.4) is 0 Å². The second-order valence-electron chi connectivity index (χ2n) is 2.59. The van der Waals surface area contributed by atoms with Crippen LogP contribution in [-0.2, 0) is 9.59 Å². The Morgan fingerprint density at radius 1 is 1.85 bits per heavy atom. The van der Waals surface area contributed by atoms with E-state index in [9.17, 15) is 9.59 Å². The molecule has 0 atom stereocenters. The Hall–Kier alpha value is -1.90. The van der Waals surface area contributed by atoms with Crippen LogP contribution in [0.5, 0.6) is 0 Å². The molecule has 1 aliphatic heterocycles. The molecular weight excluding hydrogens is 172 g/mol. The van der Waals surface area contributed by atoms with E-state index in [0.717, 1.165) is 0 Å². The molecule has 0 saturated carbocycles. The molecule has 68 valence electrons. The van der Waals surface area contributed by atoms with Crippen molar-refractivity contribution >= 4 is 17.5 Å². The summed E-state index contributed by atoms with van der Waals surface area (Å²) in [6, 6.07) is 1.83.